The van der Waals surface area contributed by atoms with E-state index < -0.39 is 0 Å². The number of aromatic nitrogens is 2. The second-order valence-corrected chi connectivity index (χ2v) is 19.6. The minimum Gasteiger partial charge on any atom is -0.310 e. The summed E-state index contributed by atoms with van der Waals surface area (Å²) in [4.78, 5) is 6.05. The average Bonchev–Trinajstić information content (AvgIpc) is 4.16. The van der Waals surface area contributed by atoms with Crippen LogP contribution in [-0.4, -0.2) is 9.13 Å². The van der Waals surface area contributed by atoms with Gasteiger partial charge in [0.1, 0.15) is 0 Å². The topological polar surface area (TPSA) is 16.3 Å². The SMILES string of the molecule is c1ccc(-c2cc3c(-c4ccc(N(c5ccccc5)c5ccc6c(c5)c5ccccc5n6-c5ccccc5)cc4)ccc(N(c4ccccc4)c4ccc5c(c4)c4ccccc4n5-c4ccccc4)c3s2)cc1. The second-order valence-electron chi connectivity index (χ2n) is 18.5. The second kappa shape index (κ2) is 17.8. The van der Waals surface area contributed by atoms with Gasteiger partial charge < -0.3 is 18.9 Å². The zero-order valence-electron chi connectivity index (χ0n) is 39.8. The number of nitrogens with zero attached hydrogens (tertiary/aromatic N) is 4. The van der Waals surface area contributed by atoms with Gasteiger partial charge in [-0.2, -0.15) is 0 Å². The number of anilines is 6. The third kappa shape index (κ3) is 7.28. The molecule has 0 spiro atoms. The van der Waals surface area contributed by atoms with Gasteiger partial charge in [-0.25, -0.2) is 0 Å². The van der Waals surface area contributed by atoms with Crippen LogP contribution < -0.4 is 9.80 Å². The number of benzene rings is 11. The van der Waals surface area contributed by atoms with Gasteiger partial charge in [-0.1, -0.05) is 158 Å². The monoisotopic (exact) mass is 950 g/mol. The van der Waals surface area contributed by atoms with E-state index in [0.29, 0.717) is 0 Å². The van der Waals surface area contributed by atoms with Crippen molar-refractivity contribution >= 4 is 99.2 Å². The average molecular weight is 951 g/mol. The number of thiophene rings is 1. The van der Waals surface area contributed by atoms with Crippen LogP contribution in [0.5, 0.6) is 0 Å². The first-order valence-electron chi connectivity index (χ1n) is 24.8. The Kier molecular flexibility index (Phi) is 10.3. The number of rotatable bonds is 10. The van der Waals surface area contributed by atoms with Crippen LogP contribution in [0.2, 0.25) is 0 Å². The minimum atomic E-state index is 1.09. The van der Waals surface area contributed by atoms with Crippen LogP contribution in [0.25, 0.3) is 86.6 Å². The fraction of sp³-hybridized carbons (Fsp3) is 0. The Morgan fingerprint density at radius 2 is 0.699 bits per heavy atom. The lowest BCUT2D eigenvalue weighted by atomic mass is 9.99. The Morgan fingerprint density at radius 1 is 0.274 bits per heavy atom. The summed E-state index contributed by atoms with van der Waals surface area (Å²) in [5.74, 6) is 0. The number of fused-ring (bicyclic) bond motifs is 7. The molecule has 4 nitrogen and oxygen atoms in total. The van der Waals surface area contributed by atoms with Gasteiger partial charge in [-0.05, 0) is 138 Å². The van der Waals surface area contributed by atoms with E-state index in [1.807, 2.05) is 11.3 Å². The van der Waals surface area contributed by atoms with E-state index in [1.54, 1.807) is 0 Å². The van der Waals surface area contributed by atoms with Crippen LogP contribution in [0.4, 0.5) is 34.1 Å². The molecule has 0 aliphatic carbocycles. The van der Waals surface area contributed by atoms with Crippen molar-refractivity contribution < 1.29 is 0 Å². The number of para-hydroxylation sites is 6. The molecule has 0 atom stereocenters. The van der Waals surface area contributed by atoms with E-state index in [9.17, 15) is 0 Å². The molecular weight excluding hydrogens is 905 g/mol. The molecule has 0 radical (unpaired) electrons. The lowest BCUT2D eigenvalue weighted by Crippen LogP contribution is -2.10. The van der Waals surface area contributed by atoms with Crippen molar-refractivity contribution in [3.63, 3.8) is 0 Å². The number of hydrogen-bond donors (Lipinski definition) is 0. The molecule has 14 aromatic rings. The molecule has 73 heavy (non-hydrogen) atoms. The lowest BCUT2D eigenvalue weighted by Gasteiger charge is -2.27. The summed E-state index contributed by atoms with van der Waals surface area (Å²) in [5, 5.41) is 6.10. The Labute approximate surface area is 427 Å². The van der Waals surface area contributed by atoms with Gasteiger partial charge in [0, 0.05) is 71.6 Å². The highest BCUT2D eigenvalue weighted by molar-refractivity contribution is 7.23. The van der Waals surface area contributed by atoms with Crippen LogP contribution in [0, 0.1) is 0 Å². The molecule has 0 saturated carbocycles. The van der Waals surface area contributed by atoms with Crippen LogP contribution in [-0.2, 0) is 0 Å². The van der Waals surface area contributed by atoms with Crippen molar-refractivity contribution in [1.82, 2.24) is 9.13 Å². The maximum atomic E-state index is 2.44. The van der Waals surface area contributed by atoms with Gasteiger partial charge in [-0.3, -0.25) is 0 Å². The molecule has 0 fully saturated rings. The van der Waals surface area contributed by atoms with E-state index in [2.05, 4.69) is 298 Å². The molecule has 14 rings (SSSR count). The van der Waals surface area contributed by atoms with E-state index in [4.69, 9.17) is 0 Å². The van der Waals surface area contributed by atoms with Crippen molar-refractivity contribution in [3.8, 4) is 32.9 Å². The maximum absolute atomic E-state index is 2.44. The standard InChI is InChI=1S/C68H46N4S/c1-6-20-48(21-7-1)67-46-61-56(40-43-66(68(61)73-67)70(50-24-10-3-11-25-50)55-39-42-65-60(45-55)58-31-17-19-33-63(58)72(65)52-28-14-5-15-29-52)47-34-36-53(37-35-47)69(49-22-8-2-9-23-49)54-38-41-64-59(44-54)57-30-16-18-32-62(57)71(64)51-26-12-4-13-27-51/h1-46H. The van der Waals surface area contributed by atoms with Crippen LogP contribution >= 0.6 is 11.3 Å². The molecule has 0 saturated heterocycles. The summed E-state index contributed by atoms with van der Waals surface area (Å²) in [7, 11) is 0. The Morgan fingerprint density at radius 3 is 1.25 bits per heavy atom. The summed E-state index contributed by atoms with van der Waals surface area (Å²) in [6.45, 7) is 0. The fourth-order valence-corrected chi connectivity index (χ4v) is 12.2. The third-order valence-corrected chi connectivity index (χ3v) is 15.5. The third-order valence-electron chi connectivity index (χ3n) is 14.3. The summed E-state index contributed by atoms with van der Waals surface area (Å²) >= 11 is 1.86. The molecule has 5 heteroatoms. The molecular formula is C68H46N4S. The van der Waals surface area contributed by atoms with Crippen molar-refractivity contribution in [3.05, 3.63) is 279 Å². The molecule has 0 amide bonds. The molecule has 3 heterocycles. The zero-order chi connectivity index (χ0) is 48.2. The Hall–Kier alpha value is -9.42. The highest BCUT2D eigenvalue weighted by Gasteiger charge is 2.23. The highest BCUT2D eigenvalue weighted by atomic mass is 32.1. The smallest absolute Gasteiger partial charge is 0.0640 e. The lowest BCUT2D eigenvalue weighted by molar-refractivity contribution is 1.18. The summed E-state index contributed by atoms with van der Waals surface area (Å²) in [6.07, 6.45) is 0. The maximum Gasteiger partial charge on any atom is 0.0640 e. The first-order chi connectivity index (χ1) is 36.2. The van der Waals surface area contributed by atoms with Crippen molar-refractivity contribution in [2.75, 3.05) is 9.80 Å². The normalized spacial score (nSPS) is 11.6. The van der Waals surface area contributed by atoms with Gasteiger partial charge in [0.25, 0.3) is 0 Å². The van der Waals surface area contributed by atoms with Crippen LogP contribution in [0.3, 0.4) is 0 Å². The largest absolute Gasteiger partial charge is 0.310 e. The van der Waals surface area contributed by atoms with E-state index >= 15 is 0 Å². The van der Waals surface area contributed by atoms with E-state index in [0.717, 1.165) is 51.1 Å². The molecule has 344 valence electrons. The van der Waals surface area contributed by atoms with Crippen molar-refractivity contribution in [2.24, 2.45) is 0 Å². The predicted octanol–water partition coefficient (Wildman–Crippen LogP) is 19.4. The van der Waals surface area contributed by atoms with Crippen LogP contribution in [0.1, 0.15) is 0 Å². The Balaban J connectivity index is 0.911. The van der Waals surface area contributed by atoms with E-state index in [1.165, 1.54) is 69.7 Å². The first kappa shape index (κ1) is 42.5. The van der Waals surface area contributed by atoms with Gasteiger partial charge >= 0.3 is 0 Å². The minimum absolute atomic E-state index is 1.09. The highest BCUT2D eigenvalue weighted by Crippen LogP contribution is 2.49. The van der Waals surface area contributed by atoms with Gasteiger partial charge in [0.05, 0.1) is 32.5 Å². The van der Waals surface area contributed by atoms with Gasteiger partial charge in [0.15, 0.2) is 0 Å². The molecule has 3 aromatic heterocycles. The molecule has 0 aliphatic heterocycles. The van der Waals surface area contributed by atoms with Gasteiger partial charge in [-0.15, -0.1) is 11.3 Å². The van der Waals surface area contributed by atoms with Crippen molar-refractivity contribution in [1.29, 1.82) is 0 Å². The number of hydrogen-bond acceptors (Lipinski definition) is 3. The zero-order valence-corrected chi connectivity index (χ0v) is 40.6. The molecule has 0 N–H and O–H groups in total. The first-order valence-corrected chi connectivity index (χ1v) is 25.7. The van der Waals surface area contributed by atoms with Gasteiger partial charge in [0.2, 0.25) is 0 Å². The summed E-state index contributed by atoms with van der Waals surface area (Å²) in [6, 6.07) is 101. The summed E-state index contributed by atoms with van der Waals surface area (Å²) < 4.78 is 5.98. The fourth-order valence-electron chi connectivity index (χ4n) is 11.0. The molecule has 0 aliphatic rings. The quantitative estimate of drug-likeness (QED) is 0.136. The van der Waals surface area contributed by atoms with Crippen LogP contribution in [0.15, 0.2) is 279 Å². The molecule has 0 bridgehead atoms. The summed E-state index contributed by atoms with van der Waals surface area (Å²) in [5.41, 5.74) is 17.2. The molecule has 0 unspecified atom stereocenters. The van der Waals surface area contributed by atoms with E-state index in [-0.39, 0.29) is 0 Å². The van der Waals surface area contributed by atoms with Crippen molar-refractivity contribution in [2.45, 2.75) is 0 Å². The molecule has 11 aromatic carbocycles. The predicted molar refractivity (Wildman–Crippen MR) is 311 cm³/mol. The Bertz CT molecular complexity index is 4290.